The fourth-order valence-electron chi connectivity index (χ4n) is 2.28. The number of carbonyl (C=O) groups is 2. The maximum atomic E-state index is 12.5. The Bertz CT molecular complexity index is 849. The third kappa shape index (κ3) is 3.79. The third-order valence-electron chi connectivity index (χ3n) is 3.41. The van der Waals surface area contributed by atoms with Gasteiger partial charge in [0.1, 0.15) is 6.04 Å². The molecule has 0 bridgehead atoms. The van der Waals surface area contributed by atoms with E-state index >= 15 is 0 Å². The van der Waals surface area contributed by atoms with Crippen LogP contribution in [0.1, 0.15) is 38.2 Å². The molecule has 0 saturated heterocycles. The van der Waals surface area contributed by atoms with Gasteiger partial charge < -0.3 is 10.6 Å². The first-order valence-corrected chi connectivity index (χ1v) is 7.69. The number of hydrogen-bond donors (Lipinski definition) is 2. The molecule has 7 nitrogen and oxygen atoms in total. The summed E-state index contributed by atoms with van der Waals surface area (Å²) in [7, 11) is 1.49. The highest BCUT2D eigenvalue weighted by atomic mass is 16.2. The van der Waals surface area contributed by atoms with Crippen molar-refractivity contribution in [2.24, 2.45) is 7.05 Å². The Kier molecular flexibility index (Phi) is 4.73. The number of rotatable bonds is 3. The van der Waals surface area contributed by atoms with Crippen LogP contribution in [-0.4, -0.2) is 33.2 Å². The number of aryl methyl sites for hydroxylation is 1. The summed E-state index contributed by atoms with van der Waals surface area (Å²) in [5.41, 5.74) is -0.554. The number of benzene rings is 1. The molecule has 1 unspecified atom stereocenters. The number of nitrogens with zero attached hydrogens (tertiary/aromatic N) is 2. The lowest BCUT2D eigenvalue weighted by Crippen LogP contribution is -2.51. The average molecular weight is 330 g/mol. The SMILES string of the molecule is CC(NC(=O)c1nn(C)c(=O)c2ccccc12)C(=O)NC(C)(C)C. The van der Waals surface area contributed by atoms with Crippen LogP contribution in [0, 0.1) is 0 Å². The maximum Gasteiger partial charge on any atom is 0.274 e. The summed E-state index contributed by atoms with van der Waals surface area (Å²) >= 11 is 0. The molecule has 0 radical (unpaired) electrons. The third-order valence-corrected chi connectivity index (χ3v) is 3.41. The van der Waals surface area contributed by atoms with E-state index in [0.29, 0.717) is 10.8 Å². The lowest BCUT2D eigenvalue weighted by atomic mass is 10.1. The van der Waals surface area contributed by atoms with Gasteiger partial charge in [-0.15, -0.1) is 0 Å². The number of carbonyl (C=O) groups excluding carboxylic acids is 2. The molecule has 128 valence electrons. The number of amides is 2. The van der Waals surface area contributed by atoms with Crippen molar-refractivity contribution in [1.82, 2.24) is 20.4 Å². The Morgan fingerprint density at radius 3 is 2.33 bits per heavy atom. The van der Waals surface area contributed by atoms with Crippen LogP contribution in [0.3, 0.4) is 0 Å². The van der Waals surface area contributed by atoms with Crippen molar-refractivity contribution in [2.45, 2.75) is 39.3 Å². The second kappa shape index (κ2) is 6.43. The molecule has 2 amide bonds. The Morgan fingerprint density at radius 2 is 1.75 bits per heavy atom. The quantitative estimate of drug-likeness (QED) is 0.877. The van der Waals surface area contributed by atoms with E-state index in [0.717, 1.165) is 4.68 Å². The van der Waals surface area contributed by atoms with E-state index in [1.165, 1.54) is 7.05 Å². The van der Waals surface area contributed by atoms with Gasteiger partial charge >= 0.3 is 0 Å². The minimum atomic E-state index is -0.727. The second-order valence-electron chi connectivity index (χ2n) is 6.76. The van der Waals surface area contributed by atoms with Crippen LogP contribution >= 0.6 is 0 Å². The van der Waals surface area contributed by atoms with E-state index in [1.54, 1.807) is 31.2 Å². The molecule has 0 aliphatic rings. The lowest BCUT2D eigenvalue weighted by Gasteiger charge is -2.23. The van der Waals surface area contributed by atoms with Crippen LogP contribution in [0.15, 0.2) is 29.1 Å². The summed E-state index contributed by atoms with van der Waals surface area (Å²) in [6.45, 7) is 7.19. The van der Waals surface area contributed by atoms with Gasteiger partial charge in [0, 0.05) is 18.0 Å². The van der Waals surface area contributed by atoms with Crippen molar-refractivity contribution in [3.05, 3.63) is 40.3 Å². The molecule has 1 atom stereocenters. The van der Waals surface area contributed by atoms with Crippen LogP contribution < -0.4 is 16.2 Å². The first-order valence-electron chi connectivity index (χ1n) is 7.69. The van der Waals surface area contributed by atoms with Gasteiger partial charge in [-0.3, -0.25) is 14.4 Å². The highest BCUT2D eigenvalue weighted by Gasteiger charge is 2.23. The molecule has 1 aromatic heterocycles. The smallest absolute Gasteiger partial charge is 0.274 e. The Hall–Kier alpha value is -2.70. The van der Waals surface area contributed by atoms with Crippen molar-refractivity contribution in [3.63, 3.8) is 0 Å². The van der Waals surface area contributed by atoms with Gasteiger partial charge in [-0.2, -0.15) is 5.10 Å². The zero-order valence-electron chi connectivity index (χ0n) is 14.5. The molecular formula is C17H22N4O3. The first kappa shape index (κ1) is 17.7. The van der Waals surface area contributed by atoms with Gasteiger partial charge in [-0.05, 0) is 33.8 Å². The first-order chi connectivity index (χ1) is 11.1. The fourth-order valence-corrected chi connectivity index (χ4v) is 2.28. The maximum absolute atomic E-state index is 12.5. The lowest BCUT2D eigenvalue weighted by molar-refractivity contribution is -0.124. The topological polar surface area (TPSA) is 93.1 Å². The molecule has 0 aliphatic heterocycles. The summed E-state index contributed by atoms with van der Waals surface area (Å²) in [6.07, 6.45) is 0. The van der Waals surface area contributed by atoms with E-state index in [1.807, 2.05) is 20.8 Å². The van der Waals surface area contributed by atoms with Crippen LogP contribution in [0.4, 0.5) is 0 Å². The number of aromatic nitrogens is 2. The van der Waals surface area contributed by atoms with Crippen molar-refractivity contribution >= 4 is 22.6 Å². The van der Waals surface area contributed by atoms with Crippen molar-refractivity contribution in [1.29, 1.82) is 0 Å². The minimum Gasteiger partial charge on any atom is -0.350 e. The van der Waals surface area contributed by atoms with E-state index in [2.05, 4.69) is 15.7 Å². The van der Waals surface area contributed by atoms with Gasteiger partial charge in [0.2, 0.25) is 5.91 Å². The summed E-state index contributed by atoms with van der Waals surface area (Å²) in [5.74, 6) is -0.789. The molecule has 7 heteroatoms. The van der Waals surface area contributed by atoms with Crippen LogP contribution in [0.5, 0.6) is 0 Å². The zero-order valence-corrected chi connectivity index (χ0v) is 14.5. The fraction of sp³-hybridized carbons (Fsp3) is 0.412. The summed E-state index contributed by atoms with van der Waals surface area (Å²) < 4.78 is 1.12. The van der Waals surface area contributed by atoms with Gasteiger partial charge in [0.05, 0.1) is 5.39 Å². The van der Waals surface area contributed by atoms with E-state index < -0.39 is 17.5 Å². The Balaban J connectivity index is 2.31. The molecule has 2 rings (SSSR count). The molecule has 1 aromatic carbocycles. The predicted octanol–water partition coefficient (Wildman–Crippen LogP) is 0.966. The second-order valence-corrected chi connectivity index (χ2v) is 6.76. The number of fused-ring (bicyclic) bond motifs is 1. The van der Waals surface area contributed by atoms with Crippen molar-refractivity contribution in [3.8, 4) is 0 Å². The van der Waals surface area contributed by atoms with Crippen LogP contribution in [-0.2, 0) is 11.8 Å². The van der Waals surface area contributed by atoms with Gasteiger partial charge in [0.25, 0.3) is 11.5 Å². The van der Waals surface area contributed by atoms with E-state index in [4.69, 9.17) is 0 Å². The molecule has 1 heterocycles. The molecule has 0 fully saturated rings. The zero-order chi connectivity index (χ0) is 18.1. The standard InChI is InChI=1S/C17H22N4O3/c1-10(14(22)19-17(2,3)4)18-15(23)13-11-8-6-7-9-12(11)16(24)21(5)20-13/h6-10H,1-5H3,(H,18,23)(H,19,22). The Morgan fingerprint density at radius 1 is 1.17 bits per heavy atom. The average Bonchev–Trinajstić information content (AvgIpc) is 2.49. The molecule has 2 N–H and O–H groups in total. The molecule has 0 spiro atoms. The van der Waals surface area contributed by atoms with Crippen LogP contribution in [0.2, 0.25) is 0 Å². The van der Waals surface area contributed by atoms with E-state index in [-0.39, 0.29) is 17.2 Å². The summed E-state index contributed by atoms with van der Waals surface area (Å²) in [6, 6.07) is 6.04. The highest BCUT2D eigenvalue weighted by Crippen LogP contribution is 2.13. The van der Waals surface area contributed by atoms with Gasteiger partial charge in [-0.25, -0.2) is 4.68 Å². The van der Waals surface area contributed by atoms with Gasteiger partial charge in [-0.1, -0.05) is 18.2 Å². The molecule has 24 heavy (non-hydrogen) atoms. The minimum absolute atomic E-state index is 0.114. The molecular weight excluding hydrogens is 308 g/mol. The summed E-state index contributed by atoms with van der Waals surface area (Å²) in [5, 5.41) is 10.3. The predicted molar refractivity (Wildman–Crippen MR) is 91.8 cm³/mol. The number of hydrogen-bond acceptors (Lipinski definition) is 4. The Labute approximate surface area is 140 Å². The van der Waals surface area contributed by atoms with Crippen LogP contribution in [0.25, 0.3) is 10.8 Å². The monoisotopic (exact) mass is 330 g/mol. The molecule has 0 aliphatic carbocycles. The normalized spacial score (nSPS) is 12.7. The molecule has 0 saturated carbocycles. The molecule has 2 aromatic rings. The largest absolute Gasteiger partial charge is 0.350 e. The highest BCUT2D eigenvalue weighted by molar-refractivity contribution is 6.06. The van der Waals surface area contributed by atoms with Gasteiger partial charge in [0.15, 0.2) is 5.69 Å². The van der Waals surface area contributed by atoms with Crippen molar-refractivity contribution < 1.29 is 9.59 Å². The van der Waals surface area contributed by atoms with E-state index in [9.17, 15) is 14.4 Å². The summed E-state index contributed by atoms with van der Waals surface area (Å²) in [4.78, 5) is 36.7. The number of nitrogens with one attached hydrogen (secondary N) is 2. The van der Waals surface area contributed by atoms with Crippen molar-refractivity contribution in [2.75, 3.05) is 0 Å².